The van der Waals surface area contributed by atoms with Gasteiger partial charge in [-0.05, 0) is 12.5 Å². The lowest BCUT2D eigenvalue weighted by atomic mass is 10.1. The second kappa shape index (κ2) is 5.32. The highest BCUT2D eigenvalue weighted by molar-refractivity contribution is 5.78. The molecule has 3 N–H and O–H groups in total. The number of allylic oxidation sites excluding steroid dienone is 3. The molecular weight excluding hydrogens is 154 g/mol. The maximum atomic E-state index is 10.4. The molecule has 0 radical (unpaired) electrons. The van der Waals surface area contributed by atoms with Crippen LogP contribution in [0.4, 0.5) is 0 Å². The van der Waals surface area contributed by atoms with Gasteiger partial charge in [-0.25, -0.2) is 0 Å². The molecule has 0 aromatic rings. The molecule has 12 heavy (non-hydrogen) atoms. The van der Waals surface area contributed by atoms with Gasteiger partial charge in [0.25, 0.3) is 0 Å². The van der Waals surface area contributed by atoms with Crippen molar-refractivity contribution >= 4 is 5.97 Å². The van der Waals surface area contributed by atoms with Gasteiger partial charge < -0.3 is 10.8 Å². The molecule has 0 rings (SSSR count). The Kier molecular flexibility index (Phi) is 4.72. The first-order chi connectivity index (χ1) is 5.63. The van der Waals surface area contributed by atoms with Gasteiger partial charge in [-0.1, -0.05) is 30.9 Å². The van der Waals surface area contributed by atoms with Crippen molar-refractivity contribution in [2.24, 2.45) is 5.73 Å². The lowest BCUT2D eigenvalue weighted by molar-refractivity contribution is -0.137. The van der Waals surface area contributed by atoms with Crippen molar-refractivity contribution in [2.75, 3.05) is 0 Å². The van der Waals surface area contributed by atoms with Crippen LogP contribution in [0.25, 0.3) is 0 Å². The van der Waals surface area contributed by atoms with E-state index in [1.807, 2.05) is 0 Å². The molecule has 0 fully saturated rings. The number of carboxylic acids is 1. The normalized spacial score (nSPS) is 14.7. The molecule has 3 nitrogen and oxygen atoms in total. The first-order valence-corrected chi connectivity index (χ1v) is 3.57. The highest BCUT2D eigenvalue weighted by Crippen LogP contribution is 2.02. The average Bonchev–Trinajstić information content (AvgIpc) is 2.05. The van der Waals surface area contributed by atoms with Crippen LogP contribution in [0.15, 0.2) is 36.5 Å². The van der Waals surface area contributed by atoms with Gasteiger partial charge in [0.1, 0.15) is 6.04 Å². The summed E-state index contributed by atoms with van der Waals surface area (Å²) in [4.78, 5) is 10.4. The van der Waals surface area contributed by atoms with Crippen LogP contribution in [0.2, 0.25) is 0 Å². The molecule has 0 aliphatic rings. The van der Waals surface area contributed by atoms with Crippen LogP contribution in [0.1, 0.15) is 6.92 Å². The molecule has 66 valence electrons. The zero-order valence-corrected chi connectivity index (χ0v) is 7.03. The lowest BCUT2D eigenvalue weighted by Gasteiger charge is -2.05. The zero-order chi connectivity index (χ0) is 9.56. The van der Waals surface area contributed by atoms with Crippen LogP contribution in [-0.2, 0) is 4.79 Å². The molecule has 0 spiro atoms. The third-order valence-electron chi connectivity index (χ3n) is 1.38. The van der Waals surface area contributed by atoms with Crippen LogP contribution >= 0.6 is 0 Å². The molecule has 3 heteroatoms. The van der Waals surface area contributed by atoms with Gasteiger partial charge in [0.05, 0.1) is 0 Å². The first kappa shape index (κ1) is 10.7. The lowest BCUT2D eigenvalue weighted by Crippen LogP contribution is -2.31. The van der Waals surface area contributed by atoms with Crippen molar-refractivity contribution in [2.45, 2.75) is 13.0 Å². The summed E-state index contributed by atoms with van der Waals surface area (Å²) >= 11 is 0. The van der Waals surface area contributed by atoms with Crippen molar-refractivity contribution in [1.29, 1.82) is 0 Å². The van der Waals surface area contributed by atoms with E-state index in [-0.39, 0.29) is 0 Å². The minimum Gasteiger partial charge on any atom is -0.480 e. The van der Waals surface area contributed by atoms with Gasteiger partial charge in [-0.15, -0.1) is 0 Å². The molecule has 0 heterocycles. The van der Waals surface area contributed by atoms with E-state index in [1.54, 1.807) is 31.2 Å². The van der Waals surface area contributed by atoms with Crippen LogP contribution in [0, 0.1) is 0 Å². The monoisotopic (exact) mass is 167 g/mol. The Morgan fingerprint density at radius 1 is 1.67 bits per heavy atom. The molecule has 1 unspecified atom stereocenters. The number of rotatable bonds is 4. The fraction of sp³-hybridized carbons (Fsp3) is 0.222. The van der Waals surface area contributed by atoms with Gasteiger partial charge in [0.2, 0.25) is 0 Å². The summed E-state index contributed by atoms with van der Waals surface area (Å²) in [6, 6.07) is -0.953. The first-order valence-electron chi connectivity index (χ1n) is 3.57. The summed E-state index contributed by atoms with van der Waals surface area (Å²) < 4.78 is 0. The Bertz CT molecular complexity index is 229. The highest BCUT2D eigenvalue weighted by atomic mass is 16.4. The third kappa shape index (κ3) is 3.16. The molecule has 0 bridgehead atoms. The minimum absolute atomic E-state index is 0.572. The molecule has 0 aromatic carbocycles. The second-order valence-electron chi connectivity index (χ2n) is 2.20. The number of carbonyl (C=O) groups is 1. The van der Waals surface area contributed by atoms with Crippen LogP contribution in [0.3, 0.4) is 0 Å². The van der Waals surface area contributed by atoms with Crippen molar-refractivity contribution < 1.29 is 9.90 Å². The Labute approximate surface area is 71.9 Å². The number of hydrogen-bond acceptors (Lipinski definition) is 2. The van der Waals surface area contributed by atoms with E-state index in [0.717, 1.165) is 0 Å². The van der Waals surface area contributed by atoms with Crippen molar-refractivity contribution in [1.82, 2.24) is 0 Å². The average molecular weight is 167 g/mol. The second-order valence-corrected chi connectivity index (χ2v) is 2.20. The summed E-state index contributed by atoms with van der Waals surface area (Å²) in [5.74, 6) is -1.03. The molecular formula is C9H13NO2. The summed E-state index contributed by atoms with van der Waals surface area (Å²) in [6.07, 6.45) is 6.51. The largest absolute Gasteiger partial charge is 0.480 e. The summed E-state index contributed by atoms with van der Waals surface area (Å²) in [5, 5.41) is 8.56. The fourth-order valence-corrected chi connectivity index (χ4v) is 0.701. The predicted octanol–water partition coefficient (Wildman–Crippen LogP) is 1.09. The van der Waals surface area contributed by atoms with E-state index in [4.69, 9.17) is 10.8 Å². The van der Waals surface area contributed by atoms with E-state index < -0.39 is 12.0 Å². The van der Waals surface area contributed by atoms with Gasteiger partial charge in [0.15, 0.2) is 0 Å². The predicted molar refractivity (Wildman–Crippen MR) is 48.7 cm³/mol. The van der Waals surface area contributed by atoms with Gasteiger partial charge >= 0.3 is 5.97 Å². The minimum atomic E-state index is -1.03. The van der Waals surface area contributed by atoms with Crippen LogP contribution in [0.5, 0.6) is 0 Å². The third-order valence-corrected chi connectivity index (χ3v) is 1.38. The summed E-state index contributed by atoms with van der Waals surface area (Å²) in [7, 11) is 0. The van der Waals surface area contributed by atoms with Crippen molar-refractivity contribution in [3.8, 4) is 0 Å². The van der Waals surface area contributed by atoms with Gasteiger partial charge in [0, 0.05) is 0 Å². The SMILES string of the molecule is C=C/C=C\C(=C/C)C(N)C(=O)O. The molecule has 0 aliphatic carbocycles. The summed E-state index contributed by atoms with van der Waals surface area (Å²) in [5.41, 5.74) is 5.93. The van der Waals surface area contributed by atoms with Crippen molar-refractivity contribution in [3.63, 3.8) is 0 Å². The van der Waals surface area contributed by atoms with Gasteiger partial charge in [-0.2, -0.15) is 0 Å². The number of carboxylic acid groups (broad SMARTS) is 1. The molecule has 0 amide bonds. The molecule has 1 atom stereocenters. The Hall–Kier alpha value is -1.35. The molecule has 0 aliphatic heterocycles. The highest BCUT2D eigenvalue weighted by Gasteiger charge is 2.13. The van der Waals surface area contributed by atoms with Crippen molar-refractivity contribution in [3.05, 3.63) is 36.5 Å². The number of hydrogen-bond donors (Lipinski definition) is 2. The maximum Gasteiger partial charge on any atom is 0.325 e. The Morgan fingerprint density at radius 3 is 2.58 bits per heavy atom. The quantitative estimate of drug-likeness (QED) is 0.616. The Balaban J connectivity index is 4.47. The van der Waals surface area contributed by atoms with E-state index in [0.29, 0.717) is 5.57 Å². The van der Waals surface area contributed by atoms with E-state index in [1.165, 1.54) is 0 Å². The molecule has 0 aromatic heterocycles. The van der Waals surface area contributed by atoms with Crippen LogP contribution < -0.4 is 5.73 Å². The van der Waals surface area contributed by atoms with Gasteiger partial charge in [-0.3, -0.25) is 4.79 Å². The van der Waals surface area contributed by atoms with Crippen LogP contribution in [-0.4, -0.2) is 17.1 Å². The summed E-state index contributed by atoms with van der Waals surface area (Å²) in [6.45, 7) is 5.21. The van der Waals surface area contributed by atoms with E-state index in [2.05, 4.69) is 6.58 Å². The molecule has 0 saturated heterocycles. The van der Waals surface area contributed by atoms with E-state index >= 15 is 0 Å². The zero-order valence-electron chi connectivity index (χ0n) is 7.03. The number of nitrogens with two attached hydrogens (primary N) is 1. The van der Waals surface area contributed by atoms with E-state index in [9.17, 15) is 4.79 Å². The fourth-order valence-electron chi connectivity index (χ4n) is 0.701. The topological polar surface area (TPSA) is 63.3 Å². The Morgan fingerprint density at radius 2 is 2.25 bits per heavy atom. The molecule has 0 saturated carbocycles. The number of aliphatic carboxylic acids is 1. The maximum absolute atomic E-state index is 10.4. The standard InChI is InChI=1S/C9H13NO2/c1-3-5-6-7(4-2)8(10)9(11)12/h3-6,8H,1,10H2,2H3,(H,11,12)/b6-5-,7-4+. The smallest absolute Gasteiger partial charge is 0.325 e.